The van der Waals surface area contributed by atoms with Gasteiger partial charge in [-0.15, -0.1) is 0 Å². The van der Waals surface area contributed by atoms with Gasteiger partial charge in [0.2, 0.25) is 0 Å². The number of amides is 1. The van der Waals surface area contributed by atoms with E-state index < -0.39 is 12.5 Å². The van der Waals surface area contributed by atoms with Crippen LogP contribution in [0.25, 0.3) is 11.1 Å². The highest BCUT2D eigenvalue weighted by Crippen LogP contribution is 2.32. The fraction of sp³-hybridized carbons (Fsp3) is 0.310. The van der Waals surface area contributed by atoms with Crippen molar-refractivity contribution >= 4 is 11.9 Å². The number of nitrogens with zero attached hydrogens (tertiary/aromatic N) is 1. The molecule has 1 fully saturated rings. The van der Waals surface area contributed by atoms with Gasteiger partial charge in [-0.2, -0.15) is 0 Å². The van der Waals surface area contributed by atoms with Crippen LogP contribution in [0.1, 0.15) is 55.8 Å². The van der Waals surface area contributed by atoms with Crippen molar-refractivity contribution < 1.29 is 20.8 Å². The molecular weight excluding hydrogens is 426 g/mol. The number of aliphatic carboxylic acids is 1. The maximum atomic E-state index is 13.5. The maximum absolute atomic E-state index is 13.5. The highest BCUT2D eigenvalue weighted by molar-refractivity contribution is 5.95. The zero-order valence-corrected chi connectivity index (χ0v) is 19.2. The van der Waals surface area contributed by atoms with Gasteiger partial charge in [0.1, 0.15) is 5.75 Å². The fourth-order valence-corrected chi connectivity index (χ4v) is 3.87. The number of carbonyl (C=O) groups excluding carboxylic acids is 1. The average molecular weight is 459 g/mol. The number of carboxylic acid groups (broad SMARTS) is 1. The molecule has 5 nitrogen and oxygen atoms in total. The monoisotopic (exact) mass is 458 g/mol. The third-order valence-corrected chi connectivity index (χ3v) is 5.90. The van der Waals surface area contributed by atoms with Crippen LogP contribution in [0.2, 0.25) is 0 Å². The number of carbonyl (C=O) groups is 2. The molecule has 1 aliphatic rings. The minimum Gasteiger partial charge on any atom is -0.493 e. The zero-order valence-electron chi connectivity index (χ0n) is 20.2. The van der Waals surface area contributed by atoms with E-state index in [1.165, 1.54) is 0 Å². The van der Waals surface area contributed by atoms with E-state index in [2.05, 4.69) is 0 Å². The van der Waals surface area contributed by atoms with Crippen LogP contribution in [0.3, 0.4) is 0 Å². The van der Waals surface area contributed by atoms with E-state index >= 15 is 0 Å². The summed E-state index contributed by atoms with van der Waals surface area (Å²) in [7, 11) is 0. The summed E-state index contributed by atoms with van der Waals surface area (Å²) in [5.74, 6) is -0.327. The van der Waals surface area contributed by atoms with Gasteiger partial charge < -0.3 is 14.7 Å². The first-order valence-electron chi connectivity index (χ1n) is 12.5. The summed E-state index contributed by atoms with van der Waals surface area (Å²) in [6.45, 7) is -0.422. The summed E-state index contributed by atoms with van der Waals surface area (Å²) < 4.78 is 15.0. The van der Waals surface area contributed by atoms with Crippen molar-refractivity contribution in [1.29, 1.82) is 0 Å². The van der Waals surface area contributed by atoms with Gasteiger partial charge >= 0.3 is 5.97 Å². The van der Waals surface area contributed by atoms with Crippen molar-refractivity contribution in [2.45, 2.75) is 51.1 Å². The second-order valence-corrected chi connectivity index (χ2v) is 8.61. The van der Waals surface area contributed by atoms with E-state index in [1.807, 2.05) is 78.9 Å². The molecule has 0 radical (unpaired) electrons. The van der Waals surface area contributed by atoms with Gasteiger partial charge in [-0.3, -0.25) is 9.59 Å². The first-order chi connectivity index (χ1) is 17.0. The van der Waals surface area contributed by atoms with E-state index in [4.69, 9.17) is 11.2 Å². The Morgan fingerprint density at radius 1 is 0.882 bits per heavy atom. The maximum Gasteiger partial charge on any atom is 0.303 e. The largest absolute Gasteiger partial charge is 0.493 e. The number of hydrogen-bond donors (Lipinski definition) is 1. The van der Waals surface area contributed by atoms with Gasteiger partial charge in [0.15, 0.2) is 0 Å². The molecule has 0 bridgehead atoms. The van der Waals surface area contributed by atoms with Gasteiger partial charge in [0, 0.05) is 30.1 Å². The van der Waals surface area contributed by atoms with Crippen molar-refractivity contribution in [3.8, 4) is 16.9 Å². The predicted octanol–water partition coefficient (Wildman–Crippen LogP) is 6.18. The molecule has 34 heavy (non-hydrogen) atoms. The molecule has 0 aromatic heterocycles. The smallest absolute Gasteiger partial charge is 0.303 e. The number of benzene rings is 3. The number of ether oxygens (including phenoxy) is 1. The Kier molecular flexibility index (Phi) is 7.51. The molecule has 1 atom stereocenters. The second kappa shape index (κ2) is 11.5. The van der Waals surface area contributed by atoms with Crippen molar-refractivity contribution in [2.75, 3.05) is 6.61 Å². The first kappa shape index (κ1) is 22.2. The Labute approximate surface area is 202 Å². The molecule has 1 amide bonds. The SMILES string of the molecule is [2H]C(c1ccccc1OCCCCCC(=O)O)N(C(=O)c1ccc(-c2ccccc2)cc1)C1CC1. The molecule has 0 heterocycles. The Bertz CT molecular complexity index is 1130. The van der Waals surface area contributed by atoms with Gasteiger partial charge in [0.25, 0.3) is 5.91 Å². The molecule has 1 unspecified atom stereocenters. The number of rotatable bonds is 12. The number of para-hydroxylation sites is 1. The predicted molar refractivity (Wildman–Crippen MR) is 133 cm³/mol. The molecule has 4 rings (SSSR count). The Balaban J connectivity index is 1.45. The minimum atomic E-state index is -0.869. The van der Waals surface area contributed by atoms with Crippen LogP contribution in [-0.4, -0.2) is 34.5 Å². The van der Waals surface area contributed by atoms with E-state index in [0.29, 0.717) is 29.9 Å². The lowest BCUT2D eigenvalue weighted by Crippen LogP contribution is -2.32. The van der Waals surface area contributed by atoms with E-state index in [9.17, 15) is 9.59 Å². The first-order valence-corrected chi connectivity index (χ1v) is 11.9. The molecule has 0 saturated heterocycles. The average Bonchev–Trinajstić information content (AvgIpc) is 3.72. The van der Waals surface area contributed by atoms with Crippen molar-refractivity contribution in [2.24, 2.45) is 0 Å². The molecule has 0 aliphatic heterocycles. The zero-order chi connectivity index (χ0) is 24.6. The van der Waals surface area contributed by atoms with Crippen molar-refractivity contribution in [3.63, 3.8) is 0 Å². The number of carboxylic acids is 1. The molecule has 0 spiro atoms. The summed E-state index contributed by atoms with van der Waals surface area (Å²) in [6, 6.07) is 25.1. The third-order valence-electron chi connectivity index (χ3n) is 5.90. The second-order valence-electron chi connectivity index (χ2n) is 8.61. The quantitative estimate of drug-likeness (QED) is 0.329. The highest BCUT2D eigenvalue weighted by atomic mass is 16.5. The highest BCUT2D eigenvalue weighted by Gasteiger charge is 2.33. The van der Waals surface area contributed by atoms with Crippen molar-refractivity contribution in [3.05, 3.63) is 90.0 Å². The van der Waals surface area contributed by atoms with Gasteiger partial charge in [-0.25, -0.2) is 0 Å². The normalized spacial score (nSPS) is 14.2. The van der Waals surface area contributed by atoms with Gasteiger partial charge in [-0.05, 0) is 61.4 Å². The summed E-state index contributed by atoms with van der Waals surface area (Å²) in [6.07, 6.45) is 4.09. The molecule has 176 valence electrons. The number of unbranched alkanes of at least 4 members (excludes halogenated alkanes) is 2. The van der Waals surface area contributed by atoms with Gasteiger partial charge in [-0.1, -0.05) is 60.7 Å². The van der Waals surface area contributed by atoms with Crippen LogP contribution in [0.4, 0.5) is 0 Å². The lowest BCUT2D eigenvalue weighted by Gasteiger charge is -2.24. The Hall–Kier alpha value is -3.60. The molecule has 3 aromatic carbocycles. The molecule has 1 saturated carbocycles. The number of hydrogen-bond acceptors (Lipinski definition) is 3. The van der Waals surface area contributed by atoms with Crippen LogP contribution in [0, 0.1) is 0 Å². The summed E-state index contributed by atoms with van der Waals surface area (Å²) in [4.78, 5) is 25.8. The fourth-order valence-electron chi connectivity index (χ4n) is 3.87. The Morgan fingerprint density at radius 3 is 2.26 bits per heavy atom. The van der Waals surface area contributed by atoms with E-state index in [1.54, 1.807) is 4.90 Å². The van der Waals surface area contributed by atoms with Crippen LogP contribution in [0.5, 0.6) is 5.75 Å². The molecule has 3 aromatic rings. The molecule has 1 aliphatic carbocycles. The third kappa shape index (κ3) is 6.47. The summed E-state index contributed by atoms with van der Waals surface area (Å²) in [5, 5.41) is 8.76. The Morgan fingerprint density at radius 2 is 1.56 bits per heavy atom. The summed E-state index contributed by atoms with van der Waals surface area (Å²) >= 11 is 0. The van der Waals surface area contributed by atoms with Gasteiger partial charge in [0.05, 0.1) is 7.98 Å². The topological polar surface area (TPSA) is 66.8 Å². The van der Waals surface area contributed by atoms with Crippen LogP contribution < -0.4 is 4.74 Å². The van der Waals surface area contributed by atoms with Crippen molar-refractivity contribution in [1.82, 2.24) is 4.90 Å². The molecule has 1 N–H and O–H groups in total. The van der Waals surface area contributed by atoms with E-state index in [0.717, 1.165) is 36.8 Å². The summed E-state index contributed by atoms with van der Waals surface area (Å²) in [5.41, 5.74) is 3.38. The molecular formula is C29H31NO4. The van der Waals surface area contributed by atoms with Crippen LogP contribution in [-0.2, 0) is 11.3 Å². The lowest BCUT2D eigenvalue weighted by atomic mass is 10.0. The molecule has 5 heteroatoms. The van der Waals surface area contributed by atoms with E-state index in [-0.39, 0.29) is 18.4 Å². The lowest BCUT2D eigenvalue weighted by molar-refractivity contribution is -0.137. The van der Waals surface area contributed by atoms with Crippen LogP contribution >= 0.6 is 0 Å². The van der Waals surface area contributed by atoms with Crippen LogP contribution in [0.15, 0.2) is 78.9 Å². The minimum absolute atomic E-state index is 0.0582. The standard InChI is InChI=1S/C29H31NO4/c31-28(32)13-5-2-8-20-34-27-12-7-6-11-25(27)21-30(26-18-19-26)29(33)24-16-14-23(15-17-24)22-9-3-1-4-10-22/h1,3-4,6-7,9-12,14-17,26H,2,5,8,13,18-21H2,(H,31,32)/i21D.